The Morgan fingerprint density at radius 2 is 1.80 bits per heavy atom. The molecule has 0 aliphatic carbocycles. The normalized spacial score (nSPS) is 9.45. The molecule has 0 unspecified atom stereocenters. The van der Waals surface area contributed by atoms with Crippen LogP contribution in [-0.2, 0) is 14.3 Å². The first-order chi connectivity index (χ1) is 9.60. The van der Waals surface area contributed by atoms with Gasteiger partial charge in [0.05, 0.1) is 18.2 Å². The average Bonchev–Trinajstić information content (AvgIpc) is 2.49. The average molecular weight is 277 g/mol. The van der Waals surface area contributed by atoms with Crippen LogP contribution in [0.5, 0.6) is 0 Å². The topological polar surface area (TPSA) is 81.7 Å². The lowest BCUT2D eigenvalue weighted by Gasteiger charge is -2.08. The van der Waals surface area contributed by atoms with E-state index >= 15 is 0 Å². The number of carbonyl (C=O) groups is 3. The van der Waals surface area contributed by atoms with Crippen LogP contribution in [0.1, 0.15) is 20.7 Å². The van der Waals surface area contributed by atoms with Crippen molar-refractivity contribution in [3.63, 3.8) is 0 Å². The fraction of sp³-hybridized carbons (Fsp3) is 0.214. The Balaban J connectivity index is 2.70. The number of methoxy groups -OCH3 is 1. The fourth-order valence-electron chi connectivity index (χ4n) is 1.39. The molecule has 0 radical (unpaired) electrons. The van der Waals surface area contributed by atoms with Crippen molar-refractivity contribution in [1.29, 1.82) is 0 Å². The van der Waals surface area contributed by atoms with Gasteiger partial charge in [-0.15, -0.1) is 6.58 Å². The highest BCUT2D eigenvalue weighted by Gasteiger charge is 2.18. The summed E-state index contributed by atoms with van der Waals surface area (Å²) in [4.78, 5) is 34.6. The minimum Gasteiger partial charge on any atom is -0.465 e. The van der Waals surface area contributed by atoms with Gasteiger partial charge in [0.2, 0.25) is 0 Å². The monoisotopic (exact) mass is 277 g/mol. The van der Waals surface area contributed by atoms with Crippen molar-refractivity contribution in [2.24, 2.45) is 0 Å². The van der Waals surface area contributed by atoms with Crippen LogP contribution in [0, 0.1) is 0 Å². The van der Waals surface area contributed by atoms with Gasteiger partial charge in [0, 0.05) is 6.54 Å². The standard InChI is InChI=1S/C14H15NO5/c1-3-8-15-12(16)9-20-14(18)11-7-5-4-6-10(11)13(17)19-2/h3-7H,1,8-9H2,2H3,(H,15,16). The summed E-state index contributed by atoms with van der Waals surface area (Å²) in [5.74, 6) is -1.86. The van der Waals surface area contributed by atoms with E-state index in [-0.39, 0.29) is 17.7 Å². The van der Waals surface area contributed by atoms with Crippen molar-refractivity contribution >= 4 is 17.8 Å². The van der Waals surface area contributed by atoms with Crippen LogP contribution in [-0.4, -0.2) is 38.1 Å². The molecule has 6 nitrogen and oxygen atoms in total. The molecule has 0 saturated heterocycles. The maximum Gasteiger partial charge on any atom is 0.339 e. The van der Waals surface area contributed by atoms with E-state index in [1.807, 2.05) is 0 Å². The zero-order valence-corrected chi connectivity index (χ0v) is 11.0. The van der Waals surface area contributed by atoms with Gasteiger partial charge in [0.15, 0.2) is 6.61 Å². The molecule has 1 amide bonds. The lowest BCUT2D eigenvalue weighted by atomic mass is 10.1. The lowest BCUT2D eigenvalue weighted by Crippen LogP contribution is -2.29. The van der Waals surface area contributed by atoms with Crippen LogP contribution in [0.2, 0.25) is 0 Å². The number of hydrogen-bond acceptors (Lipinski definition) is 5. The maximum absolute atomic E-state index is 11.8. The number of benzene rings is 1. The van der Waals surface area contributed by atoms with Gasteiger partial charge in [0.1, 0.15) is 0 Å². The van der Waals surface area contributed by atoms with Crippen LogP contribution < -0.4 is 5.32 Å². The summed E-state index contributed by atoms with van der Waals surface area (Å²) < 4.78 is 9.40. The first kappa shape index (κ1) is 15.4. The molecule has 106 valence electrons. The Kier molecular flexibility index (Phi) is 5.96. The molecule has 1 rings (SSSR count). The molecule has 0 heterocycles. The number of esters is 2. The summed E-state index contributed by atoms with van der Waals surface area (Å²) in [6.45, 7) is 3.30. The van der Waals surface area contributed by atoms with Gasteiger partial charge in [-0.25, -0.2) is 9.59 Å². The number of amides is 1. The van der Waals surface area contributed by atoms with E-state index in [0.29, 0.717) is 0 Å². The van der Waals surface area contributed by atoms with Crippen molar-refractivity contribution in [1.82, 2.24) is 5.32 Å². The number of rotatable bonds is 6. The Labute approximate surface area is 116 Å². The molecule has 0 aromatic heterocycles. The van der Waals surface area contributed by atoms with E-state index in [1.54, 1.807) is 12.1 Å². The van der Waals surface area contributed by atoms with Crippen molar-refractivity contribution in [2.45, 2.75) is 0 Å². The van der Waals surface area contributed by atoms with Crippen LogP contribution in [0.4, 0.5) is 0 Å². The van der Waals surface area contributed by atoms with Gasteiger partial charge in [-0.05, 0) is 12.1 Å². The second-order valence-electron chi connectivity index (χ2n) is 3.71. The van der Waals surface area contributed by atoms with Crippen LogP contribution >= 0.6 is 0 Å². The van der Waals surface area contributed by atoms with Gasteiger partial charge in [-0.3, -0.25) is 4.79 Å². The Morgan fingerprint density at radius 3 is 2.35 bits per heavy atom. The van der Waals surface area contributed by atoms with E-state index in [0.717, 1.165) is 0 Å². The Bertz CT molecular complexity index is 524. The number of ether oxygens (including phenoxy) is 2. The fourth-order valence-corrected chi connectivity index (χ4v) is 1.39. The van der Waals surface area contributed by atoms with E-state index < -0.39 is 24.5 Å². The summed E-state index contributed by atoms with van der Waals surface area (Å²) in [6.07, 6.45) is 1.51. The predicted octanol–water partition coefficient (Wildman–Crippen LogP) is 0.932. The molecule has 0 bridgehead atoms. The summed E-state index contributed by atoms with van der Waals surface area (Å²) in [6, 6.07) is 6.05. The largest absolute Gasteiger partial charge is 0.465 e. The SMILES string of the molecule is C=CCNC(=O)COC(=O)c1ccccc1C(=O)OC. The van der Waals surface area contributed by atoms with Gasteiger partial charge >= 0.3 is 11.9 Å². The molecule has 0 aliphatic heterocycles. The molecule has 1 aromatic rings. The second kappa shape index (κ2) is 7.73. The second-order valence-corrected chi connectivity index (χ2v) is 3.71. The van der Waals surface area contributed by atoms with E-state index in [2.05, 4.69) is 16.6 Å². The van der Waals surface area contributed by atoms with Crippen molar-refractivity contribution in [2.75, 3.05) is 20.3 Å². The number of nitrogens with one attached hydrogen (secondary N) is 1. The molecule has 20 heavy (non-hydrogen) atoms. The molecule has 0 fully saturated rings. The van der Waals surface area contributed by atoms with Crippen molar-refractivity contribution in [3.05, 3.63) is 48.0 Å². The quantitative estimate of drug-likeness (QED) is 0.618. The van der Waals surface area contributed by atoms with Crippen molar-refractivity contribution < 1.29 is 23.9 Å². The Morgan fingerprint density at radius 1 is 1.20 bits per heavy atom. The maximum atomic E-state index is 11.8. The number of hydrogen-bond donors (Lipinski definition) is 1. The summed E-state index contributed by atoms with van der Waals surface area (Å²) in [5, 5.41) is 2.46. The molecule has 0 aliphatic rings. The highest BCUT2D eigenvalue weighted by Crippen LogP contribution is 2.11. The molecule has 1 aromatic carbocycles. The molecular weight excluding hydrogens is 262 g/mol. The lowest BCUT2D eigenvalue weighted by molar-refractivity contribution is -0.124. The molecule has 6 heteroatoms. The Hall–Kier alpha value is -2.63. The smallest absolute Gasteiger partial charge is 0.339 e. The predicted molar refractivity (Wildman–Crippen MR) is 71.3 cm³/mol. The summed E-state index contributed by atoms with van der Waals surface area (Å²) in [5.41, 5.74) is 0.141. The molecule has 0 saturated carbocycles. The first-order valence-electron chi connectivity index (χ1n) is 5.82. The summed E-state index contributed by atoms with van der Waals surface area (Å²) >= 11 is 0. The van der Waals surface area contributed by atoms with Crippen LogP contribution in [0.15, 0.2) is 36.9 Å². The third kappa shape index (κ3) is 4.24. The number of carbonyl (C=O) groups excluding carboxylic acids is 3. The van der Waals surface area contributed by atoms with Gasteiger partial charge in [-0.2, -0.15) is 0 Å². The highest BCUT2D eigenvalue weighted by molar-refractivity contribution is 6.03. The molecule has 0 spiro atoms. The first-order valence-corrected chi connectivity index (χ1v) is 5.82. The van der Waals surface area contributed by atoms with E-state index in [9.17, 15) is 14.4 Å². The third-order valence-electron chi connectivity index (χ3n) is 2.33. The van der Waals surface area contributed by atoms with Gasteiger partial charge < -0.3 is 14.8 Å². The third-order valence-corrected chi connectivity index (χ3v) is 2.33. The summed E-state index contributed by atoms with van der Waals surface area (Å²) in [7, 11) is 1.22. The zero-order valence-electron chi connectivity index (χ0n) is 11.0. The minimum atomic E-state index is -0.764. The van der Waals surface area contributed by atoms with Crippen LogP contribution in [0.25, 0.3) is 0 Å². The van der Waals surface area contributed by atoms with Gasteiger partial charge in [0.25, 0.3) is 5.91 Å². The van der Waals surface area contributed by atoms with E-state index in [1.165, 1.54) is 25.3 Å². The van der Waals surface area contributed by atoms with Crippen molar-refractivity contribution in [3.8, 4) is 0 Å². The van der Waals surface area contributed by atoms with Crippen LogP contribution in [0.3, 0.4) is 0 Å². The van der Waals surface area contributed by atoms with E-state index in [4.69, 9.17) is 4.74 Å². The minimum absolute atomic E-state index is 0.0517. The zero-order chi connectivity index (χ0) is 15.0. The molecule has 1 N–H and O–H groups in total. The highest BCUT2D eigenvalue weighted by atomic mass is 16.5. The van der Waals surface area contributed by atoms with Gasteiger partial charge in [-0.1, -0.05) is 18.2 Å². The molecular formula is C14H15NO5. The molecule has 0 atom stereocenters.